The molecule has 0 spiro atoms. The average Bonchev–Trinajstić information content (AvgIpc) is 3.17. The van der Waals surface area contributed by atoms with E-state index in [9.17, 15) is 9.59 Å². The molecule has 0 saturated carbocycles. The number of rotatable bonds is 8. The van der Waals surface area contributed by atoms with Crippen molar-refractivity contribution in [3.8, 4) is 5.69 Å². The minimum absolute atomic E-state index is 0.00185. The molecule has 1 aromatic heterocycles. The Balaban J connectivity index is 1.43. The molecule has 3 rings (SSSR count). The second-order valence-corrected chi connectivity index (χ2v) is 7.00. The zero-order valence-corrected chi connectivity index (χ0v) is 16.7. The quantitative estimate of drug-likeness (QED) is 0.597. The van der Waals surface area contributed by atoms with E-state index in [-0.39, 0.29) is 18.6 Å². The molecular weight excluding hydrogens is 366 g/mol. The van der Waals surface area contributed by atoms with Gasteiger partial charge in [-0.15, -0.1) is 0 Å². The molecule has 1 N–H and O–H groups in total. The van der Waals surface area contributed by atoms with E-state index >= 15 is 0 Å². The van der Waals surface area contributed by atoms with E-state index in [1.54, 1.807) is 35.1 Å². The number of benzene rings is 2. The number of carbonyl (C=O) groups excluding carboxylic acids is 2. The van der Waals surface area contributed by atoms with Crippen LogP contribution in [0, 0.1) is 6.92 Å². The molecule has 1 atom stereocenters. The molecule has 1 heterocycles. The van der Waals surface area contributed by atoms with Crippen LogP contribution in [0.3, 0.4) is 0 Å². The minimum Gasteiger partial charge on any atom is -0.452 e. The monoisotopic (exact) mass is 391 g/mol. The van der Waals surface area contributed by atoms with Crippen molar-refractivity contribution < 1.29 is 14.3 Å². The topological polar surface area (TPSA) is 73.2 Å². The van der Waals surface area contributed by atoms with Gasteiger partial charge in [0.15, 0.2) is 6.61 Å². The van der Waals surface area contributed by atoms with E-state index in [0.717, 1.165) is 24.2 Å². The molecular formula is C23H25N3O3. The Kier molecular flexibility index (Phi) is 6.79. The van der Waals surface area contributed by atoms with Crippen LogP contribution in [0.15, 0.2) is 66.9 Å². The number of hydrogen-bond acceptors (Lipinski definition) is 4. The summed E-state index contributed by atoms with van der Waals surface area (Å²) >= 11 is 0. The first kappa shape index (κ1) is 20.3. The summed E-state index contributed by atoms with van der Waals surface area (Å²) in [7, 11) is 0. The second-order valence-electron chi connectivity index (χ2n) is 7.00. The number of ether oxygens (including phenoxy) is 1. The summed E-state index contributed by atoms with van der Waals surface area (Å²) in [6, 6.07) is 18.9. The number of nitrogens with zero attached hydrogens (tertiary/aromatic N) is 2. The van der Waals surface area contributed by atoms with Crippen molar-refractivity contribution in [2.75, 3.05) is 6.61 Å². The van der Waals surface area contributed by atoms with Crippen LogP contribution in [-0.2, 0) is 16.0 Å². The number of hydrogen-bond donors (Lipinski definition) is 1. The molecule has 0 aliphatic carbocycles. The summed E-state index contributed by atoms with van der Waals surface area (Å²) in [4.78, 5) is 24.2. The summed E-state index contributed by atoms with van der Waals surface area (Å²) in [5.74, 6) is -0.830. The van der Waals surface area contributed by atoms with Gasteiger partial charge >= 0.3 is 5.97 Å². The van der Waals surface area contributed by atoms with Gasteiger partial charge in [-0.3, -0.25) is 4.79 Å². The largest absolute Gasteiger partial charge is 0.452 e. The Labute approximate surface area is 170 Å². The highest BCUT2D eigenvalue weighted by Gasteiger charge is 2.13. The third kappa shape index (κ3) is 5.78. The molecule has 29 heavy (non-hydrogen) atoms. The van der Waals surface area contributed by atoms with E-state index in [4.69, 9.17) is 4.74 Å². The maximum absolute atomic E-state index is 12.2. The van der Waals surface area contributed by atoms with Crippen molar-refractivity contribution >= 4 is 11.9 Å². The highest BCUT2D eigenvalue weighted by Crippen LogP contribution is 2.12. The van der Waals surface area contributed by atoms with Gasteiger partial charge in [-0.05, 0) is 62.6 Å². The van der Waals surface area contributed by atoms with Crippen LogP contribution in [0.1, 0.15) is 35.0 Å². The van der Waals surface area contributed by atoms with E-state index in [2.05, 4.69) is 22.5 Å². The van der Waals surface area contributed by atoms with Crippen molar-refractivity contribution in [1.29, 1.82) is 0 Å². The van der Waals surface area contributed by atoms with E-state index in [1.807, 2.05) is 38.1 Å². The lowest BCUT2D eigenvalue weighted by Crippen LogP contribution is -2.36. The lowest BCUT2D eigenvalue weighted by molar-refractivity contribution is -0.124. The fourth-order valence-electron chi connectivity index (χ4n) is 3.01. The molecule has 0 bridgehead atoms. The lowest BCUT2D eigenvalue weighted by atomic mass is 10.1. The van der Waals surface area contributed by atoms with Gasteiger partial charge < -0.3 is 10.1 Å². The number of amides is 1. The van der Waals surface area contributed by atoms with Crippen molar-refractivity contribution in [2.45, 2.75) is 32.7 Å². The lowest BCUT2D eigenvalue weighted by Gasteiger charge is -2.14. The van der Waals surface area contributed by atoms with Crippen LogP contribution in [0.4, 0.5) is 0 Å². The van der Waals surface area contributed by atoms with E-state index in [0.29, 0.717) is 5.56 Å². The first-order valence-corrected chi connectivity index (χ1v) is 9.64. The zero-order chi connectivity index (χ0) is 20.6. The number of carbonyl (C=O) groups is 2. The van der Waals surface area contributed by atoms with Crippen molar-refractivity contribution in [3.05, 3.63) is 83.7 Å². The predicted octanol–water partition coefficient (Wildman–Crippen LogP) is 3.48. The van der Waals surface area contributed by atoms with Crippen molar-refractivity contribution in [1.82, 2.24) is 15.1 Å². The van der Waals surface area contributed by atoms with Gasteiger partial charge in [0.25, 0.3) is 5.91 Å². The third-order valence-electron chi connectivity index (χ3n) is 4.63. The zero-order valence-electron chi connectivity index (χ0n) is 16.7. The number of aryl methyl sites for hydroxylation is 2. The highest BCUT2D eigenvalue weighted by atomic mass is 16.5. The summed E-state index contributed by atoms with van der Waals surface area (Å²) < 4.78 is 6.91. The minimum atomic E-state index is -0.527. The Morgan fingerprint density at radius 2 is 1.79 bits per heavy atom. The van der Waals surface area contributed by atoms with Crippen LogP contribution < -0.4 is 5.32 Å². The van der Waals surface area contributed by atoms with Crippen molar-refractivity contribution in [2.24, 2.45) is 0 Å². The smallest absolute Gasteiger partial charge is 0.338 e. The Morgan fingerprint density at radius 1 is 1.07 bits per heavy atom. The molecule has 0 aliphatic rings. The van der Waals surface area contributed by atoms with Gasteiger partial charge in [-0.2, -0.15) is 5.10 Å². The van der Waals surface area contributed by atoms with Crippen LogP contribution in [0.5, 0.6) is 0 Å². The summed E-state index contributed by atoms with van der Waals surface area (Å²) in [5, 5.41) is 7.09. The first-order valence-electron chi connectivity index (χ1n) is 9.64. The molecule has 0 fully saturated rings. The van der Waals surface area contributed by atoms with Crippen LogP contribution in [0.2, 0.25) is 0 Å². The van der Waals surface area contributed by atoms with Gasteiger partial charge in [0.2, 0.25) is 0 Å². The van der Waals surface area contributed by atoms with Crippen LogP contribution >= 0.6 is 0 Å². The average molecular weight is 391 g/mol. The molecule has 6 heteroatoms. The van der Waals surface area contributed by atoms with Gasteiger partial charge in [0.05, 0.1) is 11.3 Å². The third-order valence-corrected chi connectivity index (χ3v) is 4.63. The maximum Gasteiger partial charge on any atom is 0.338 e. The van der Waals surface area contributed by atoms with Crippen LogP contribution in [-0.4, -0.2) is 34.3 Å². The Morgan fingerprint density at radius 3 is 2.45 bits per heavy atom. The number of aromatic nitrogens is 2. The second kappa shape index (κ2) is 9.68. The molecule has 0 saturated heterocycles. The SMILES string of the molecule is Cc1ccnn1-c1ccc(C(=O)OCC(=O)N[C@H](C)CCc2ccccc2)cc1. The normalized spacial score (nSPS) is 11.7. The predicted molar refractivity (Wildman–Crippen MR) is 111 cm³/mol. The summed E-state index contributed by atoms with van der Waals surface area (Å²) in [6.07, 6.45) is 3.42. The van der Waals surface area contributed by atoms with E-state index < -0.39 is 5.97 Å². The maximum atomic E-state index is 12.2. The van der Waals surface area contributed by atoms with Gasteiger partial charge in [-0.1, -0.05) is 30.3 Å². The fraction of sp³-hybridized carbons (Fsp3) is 0.261. The summed E-state index contributed by atoms with van der Waals surface area (Å²) in [6.45, 7) is 3.60. The molecule has 2 aromatic carbocycles. The Hall–Kier alpha value is -3.41. The molecule has 3 aromatic rings. The Bertz CT molecular complexity index is 949. The summed E-state index contributed by atoms with van der Waals surface area (Å²) in [5.41, 5.74) is 3.48. The fourth-order valence-corrected chi connectivity index (χ4v) is 3.01. The molecule has 0 aliphatic heterocycles. The van der Waals surface area contributed by atoms with E-state index in [1.165, 1.54) is 5.56 Å². The van der Waals surface area contributed by atoms with Gasteiger partial charge in [-0.25, -0.2) is 9.48 Å². The van der Waals surface area contributed by atoms with Crippen molar-refractivity contribution in [3.63, 3.8) is 0 Å². The number of nitrogens with one attached hydrogen (secondary N) is 1. The standard InChI is InChI=1S/C23H25N3O3/c1-17(8-9-19-6-4-3-5-7-19)25-22(27)16-29-23(28)20-10-12-21(13-11-20)26-18(2)14-15-24-26/h3-7,10-15,17H,8-9,16H2,1-2H3,(H,25,27)/t17-/m1/s1. The molecule has 0 unspecified atom stereocenters. The first-order chi connectivity index (χ1) is 14.0. The molecule has 6 nitrogen and oxygen atoms in total. The van der Waals surface area contributed by atoms with Gasteiger partial charge in [0, 0.05) is 17.9 Å². The van der Waals surface area contributed by atoms with Gasteiger partial charge in [0.1, 0.15) is 0 Å². The van der Waals surface area contributed by atoms with Crippen LogP contribution in [0.25, 0.3) is 5.69 Å². The number of esters is 1. The highest BCUT2D eigenvalue weighted by molar-refractivity contribution is 5.91. The molecule has 1 amide bonds. The molecule has 0 radical (unpaired) electrons. The molecule has 150 valence electrons.